The lowest BCUT2D eigenvalue weighted by atomic mass is 9.89. The van der Waals surface area contributed by atoms with Gasteiger partial charge in [0.15, 0.2) is 0 Å². The van der Waals surface area contributed by atoms with Gasteiger partial charge in [0.05, 0.1) is 50.1 Å². The molecule has 3 saturated heterocycles. The number of hydrogen-bond donors (Lipinski definition) is 4. The number of amides is 4. The van der Waals surface area contributed by atoms with Crippen molar-refractivity contribution >= 4 is 24.0 Å². The van der Waals surface area contributed by atoms with E-state index in [0.717, 1.165) is 77.4 Å². The van der Waals surface area contributed by atoms with E-state index in [2.05, 4.69) is 74.1 Å². The normalized spacial score (nSPS) is 22.7. The van der Waals surface area contributed by atoms with E-state index in [1.54, 1.807) is 6.20 Å². The van der Waals surface area contributed by atoms with Crippen LogP contribution in [0.25, 0.3) is 33.6 Å². The van der Waals surface area contributed by atoms with Crippen LogP contribution >= 0.6 is 0 Å². The zero-order valence-corrected chi connectivity index (χ0v) is 34.1. The Morgan fingerprint density at radius 2 is 1.32 bits per heavy atom. The van der Waals surface area contributed by atoms with Crippen LogP contribution in [0.2, 0.25) is 0 Å². The molecule has 4 N–H and O–H groups in total. The lowest BCUT2D eigenvalue weighted by Crippen LogP contribution is -2.55. The topological polar surface area (TPSA) is 184 Å². The van der Waals surface area contributed by atoms with Gasteiger partial charge in [0.25, 0.3) is 0 Å². The van der Waals surface area contributed by atoms with Crippen molar-refractivity contribution in [3.8, 4) is 33.6 Å². The predicted molar refractivity (Wildman–Crippen MR) is 218 cm³/mol. The molecule has 0 spiro atoms. The number of fused-ring (bicyclic) bond motifs is 2. The minimum absolute atomic E-state index is 0.0233. The van der Waals surface area contributed by atoms with Crippen LogP contribution in [0.4, 0.5) is 9.59 Å². The fourth-order valence-corrected chi connectivity index (χ4v) is 9.60. The van der Waals surface area contributed by atoms with Crippen LogP contribution < -0.4 is 10.6 Å². The van der Waals surface area contributed by atoms with Crippen molar-refractivity contribution in [1.29, 1.82) is 0 Å². The average Bonchev–Trinajstić information content (AvgIpc) is 4.13. The first-order valence-corrected chi connectivity index (χ1v) is 20.8. The number of carbonyl (C=O) groups is 4. The average molecular weight is 807 g/mol. The molecule has 0 radical (unpaired) electrons. The maximum absolute atomic E-state index is 14.3. The Morgan fingerprint density at radius 3 is 1.93 bits per heavy atom. The number of imidazole rings is 2. The van der Waals surface area contributed by atoms with Gasteiger partial charge in [0.1, 0.15) is 23.7 Å². The van der Waals surface area contributed by atoms with E-state index in [1.165, 1.54) is 14.2 Å². The highest BCUT2D eigenvalue weighted by molar-refractivity contribution is 5.87. The first-order chi connectivity index (χ1) is 28.6. The maximum atomic E-state index is 14.3. The molecular formula is C44H54N8O7. The number of hydrogen-bond acceptors (Lipinski definition) is 9. The monoisotopic (exact) mass is 806 g/mol. The highest BCUT2D eigenvalue weighted by Gasteiger charge is 2.52. The Balaban J connectivity index is 0.937. The number of alkyl carbamates (subject to hydrolysis) is 2. The third-order valence-corrected chi connectivity index (χ3v) is 12.7. The van der Waals surface area contributed by atoms with Crippen LogP contribution in [-0.4, -0.2) is 106 Å². The summed E-state index contributed by atoms with van der Waals surface area (Å²) in [5.74, 6) is 1.46. The van der Waals surface area contributed by atoms with Crippen molar-refractivity contribution in [3.05, 3.63) is 72.6 Å². The van der Waals surface area contributed by atoms with Gasteiger partial charge < -0.3 is 44.6 Å². The minimum atomic E-state index is -0.689. The van der Waals surface area contributed by atoms with Gasteiger partial charge in [-0.1, -0.05) is 62.4 Å². The highest BCUT2D eigenvalue weighted by Crippen LogP contribution is 2.50. The quantitative estimate of drug-likeness (QED) is 0.134. The molecule has 4 amide bonds. The van der Waals surface area contributed by atoms with Gasteiger partial charge in [0.2, 0.25) is 11.8 Å². The maximum Gasteiger partial charge on any atom is 0.407 e. The van der Waals surface area contributed by atoms with E-state index in [0.29, 0.717) is 38.5 Å². The van der Waals surface area contributed by atoms with E-state index in [1.807, 2.05) is 29.8 Å². The second-order valence-electron chi connectivity index (χ2n) is 16.5. The standard InChI is InChI=1S/C44H54N8O7/c1-25(2)36(49-43(55)57-3)41(53)51-19-5-6-35(51)39-45-23-33(47-39)28-11-7-26(8-12-28)27-9-13-29(14-10-27)34-24-46-40(48-34)38-31-15-16-32(22-31)52(38)42(54)37(50-44(56)58-4)30-17-20-59-21-18-30/h7-14,23-25,30-32,35-38H,5-6,15-22H2,1-4H3,(H,45,47)(H,46,48)(H,49,55)(H,50,56)/t31-,32?,35-,36-,37-,38-/m0/s1. The fourth-order valence-electron chi connectivity index (χ4n) is 9.60. The number of carbonyl (C=O) groups excluding carboxylic acids is 4. The van der Waals surface area contributed by atoms with E-state index < -0.39 is 24.3 Å². The number of methoxy groups -OCH3 is 2. The van der Waals surface area contributed by atoms with Gasteiger partial charge in [-0.15, -0.1) is 0 Å². The summed E-state index contributed by atoms with van der Waals surface area (Å²) in [5, 5.41) is 5.57. The van der Waals surface area contributed by atoms with Crippen molar-refractivity contribution in [2.24, 2.45) is 17.8 Å². The van der Waals surface area contributed by atoms with Crippen LogP contribution in [0.3, 0.4) is 0 Å². The van der Waals surface area contributed by atoms with Crippen molar-refractivity contribution < 1.29 is 33.4 Å². The van der Waals surface area contributed by atoms with E-state index >= 15 is 0 Å². The summed E-state index contributed by atoms with van der Waals surface area (Å²) in [6.07, 6.45) is 8.37. The molecule has 312 valence electrons. The van der Waals surface area contributed by atoms with Gasteiger partial charge in [-0.2, -0.15) is 0 Å². The van der Waals surface area contributed by atoms with Crippen molar-refractivity contribution in [2.45, 2.75) is 89.0 Å². The van der Waals surface area contributed by atoms with Gasteiger partial charge in [-0.25, -0.2) is 19.6 Å². The SMILES string of the molecule is COC(=O)N[C@H](C(=O)N1CCC[C@H]1c1ncc(-c2ccc(-c3ccc(-c4cnc([C@@H]5[C@H]6CCC(C6)N5C(=O)[C@@H](NC(=O)OC)C5CCOCC5)[nH]4)cc3)cc2)[nH]1)C(C)C. The second kappa shape index (κ2) is 17.3. The van der Waals surface area contributed by atoms with Gasteiger partial charge >= 0.3 is 12.2 Å². The van der Waals surface area contributed by atoms with Crippen LogP contribution in [0.5, 0.6) is 0 Å². The zero-order chi connectivity index (χ0) is 41.2. The first kappa shape index (κ1) is 40.1. The molecule has 1 aliphatic carbocycles. The minimum Gasteiger partial charge on any atom is -0.453 e. The number of aromatic nitrogens is 4. The van der Waals surface area contributed by atoms with Gasteiger partial charge in [-0.05, 0) is 85.0 Å². The number of ether oxygens (including phenoxy) is 3. The highest BCUT2D eigenvalue weighted by atomic mass is 16.5. The van der Waals surface area contributed by atoms with Crippen molar-refractivity contribution in [3.63, 3.8) is 0 Å². The molecule has 3 aliphatic heterocycles. The molecule has 6 atom stereocenters. The number of nitrogens with one attached hydrogen (secondary N) is 4. The van der Waals surface area contributed by atoms with Crippen LogP contribution in [-0.2, 0) is 23.8 Å². The number of aromatic amines is 2. The Bertz CT molecular complexity index is 2130. The Hall–Kier alpha value is -5.70. The zero-order valence-electron chi connectivity index (χ0n) is 34.1. The van der Waals surface area contributed by atoms with E-state index in [9.17, 15) is 19.2 Å². The number of nitrogens with zero attached hydrogens (tertiary/aromatic N) is 4. The summed E-state index contributed by atoms with van der Waals surface area (Å²) < 4.78 is 15.2. The molecule has 8 rings (SSSR count). The van der Waals surface area contributed by atoms with Gasteiger partial charge in [-0.3, -0.25) is 9.59 Å². The molecule has 1 saturated carbocycles. The van der Waals surface area contributed by atoms with E-state index in [4.69, 9.17) is 19.2 Å². The van der Waals surface area contributed by atoms with E-state index in [-0.39, 0.29) is 41.8 Å². The lowest BCUT2D eigenvalue weighted by Gasteiger charge is -2.39. The predicted octanol–water partition coefficient (Wildman–Crippen LogP) is 6.38. The van der Waals surface area contributed by atoms with Crippen molar-refractivity contribution in [2.75, 3.05) is 34.0 Å². The molecule has 2 aromatic carbocycles. The number of likely N-dealkylation sites (tertiary alicyclic amines) is 2. The summed E-state index contributed by atoms with van der Waals surface area (Å²) in [5.41, 5.74) is 5.83. The molecule has 2 aromatic heterocycles. The largest absolute Gasteiger partial charge is 0.453 e. The Kier molecular flexibility index (Phi) is 11.7. The number of H-pyrrole nitrogens is 2. The Morgan fingerprint density at radius 1 is 0.746 bits per heavy atom. The molecule has 59 heavy (non-hydrogen) atoms. The van der Waals surface area contributed by atoms with Crippen LogP contribution in [0.15, 0.2) is 60.9 Å². The molecule has 4 aliphatic rings. The molecular weight excluding hydrogens is 753 g/mol. The van der Waals surface area contributed by atoms with Gasteiger partial charge in [0, 0.05) is 25.8 Å². The lowest BCUT2D eigenvalue weighted by molar-refractivity contribution is -0.140. The summed E-state index contributed by atoms with van der Waals surface area (Å²) in [7, 11) is 2.61. The Labute approximate surface area is 344 Å². The fraction of sp³-hybridized carbons (Fsp3) is 0.500. The van der Waals surface area contributed by atoms with Crippen LogP contribution in [0, 0.1) is 17.8 Å². The molecule has 15 nitrogen and oxygen atoms in total. The number of benzene rings is 2. The molecule has 4 fully saturated rings. The first-order valence-electron chi connectivity index (χ1n) is 20.8. The van der Waals surface area contributed by atoms with Crippen LogP contribution in [0.1, 0.15) is 82.5 Å². The summed E-state index contributed by atoms with van der Waals surface area (Å²) in [4.78, 5) is 72.6. The molecule has 5 heterocycles. The van der Waals surface area contributed by atoms with Crippen molar-refractivity contribution in [1.82, 2.24) is 40.4 Å². The third-order valence-electron chi connectivity index (χ3n) is 12.7. The molecule has 15 heteroatoms. The number of piperidine rings is 1. The smallest absolute Gasteiger partial charge is 0.407 e. The summed E-state index contributed by atoms with van der Waals surface area (Å²) in [6, 6.07) is 15.0. The summed E-state index contributed by atoms with van der Waals surface area (Å²) >= 11 is 0. The second-order valence-corrected chi connectivity index (χ2v) is 16.5. The number of rotatable bonds is 11. The summed E-state index contributed by atoms with van der Waals surface area (Å²) in [6.45, 7) is 5.53. The molecule has 2 bridgehead atoms. The molecule has 1 unspecified atom stereocenters. The third kappa shape index (κ3) is 8.17. The molecule has 4 aromatic rings.